The SMILES string of the molecule is CC(C)c1cccc2c3c(cnc12)C(=O)OCCO3. The predicted octanol–water partition coefficient (Wildman–Crippen LogP) is 2.91. The number of benzene rings is 1. The Bertz CT molecular complexity index is 649. The van der Waals surface area contributed by atoms with E-state index in [0.717, 1.165) is 16.5 Å². The molecule has 0 spiro atoms. The van der Waals surface area contributed by atoms with Gasteiger partial charge in [0.1, 0.15) is 24.5 Å². The number of fused-ring (bicyclic) bond motifs is 3. The third kappa shape index (κ3) is 1.93. The molecule has 1 aromatic heterocycles. The summed E-state index contributed by atoms with van der Waals surface area (Å²) in [4.78, 5) is 16.3. The van der Waals surface area contributed by atoms with E-state index in [-0.39, 0.29) is 12.6 Å². The molecule has 0 N–H and O–H groups in total. The number of hydrogen-bond acceptors (Lipinski definition) is 4. The summed E-state index contributed by atoms with van der Waals surface area (Å²) in [7, 11) is 0. The molecule has 98 valence electrons. The minimum Gasteiger partial charge on any atom is -0.488 e. The highest BCUT2D eigenvalue weighted by atomic mass is 16.6. The normalized spacial score (nSPS) is 14.8. The highest BCUT2D eigenvalue weighted by Gasteiger charge is 2.22. The van der Waals surface area contributed by atoms with Gasteiger partial charge in [-0.2, -0.15) is 0 Å². The second-order valence-corrected chi connectivity index (χ2v) is 4.88. The summed E-state index contributed by atoms with van der Waals surface area (Å²) in [5.74, 6) is 0.596. The van der Waals surface area contributed by atoms with Crippen LogP contribution in [0, 0.1) is 0 Å². The fourth-order valence-electron chi connectivity index (χ4n) is 2.34. The summed E-state index contributed by atoms with van der Waals surface area (Å²) in [6.45, 7) is 4.90. The van der Waals surface area contributed by atoms with Crippen molar-refractivity contribution < 1.29 is 14.3 Å². The number of carbonyl (C=O) groups is 1. The monoisotopic (exact) mass is 257 g/mol. The second kappa shape index (κ2) is 4.53. The Balaban J connectivity index is 2.31. The minimum atomic E-state index is -0.364. The molecule has 4 heteroatoms. The molecule has 0 saturated carbocycles. The van der Waals surface area contributed by atoms with Crippen LogP contribution in [0.5, 0.6) is 5.75 Å². The number of hydrogen-bond donors (Lipinski definition) is 0. The minimum absolute atomic E-state index is 0.277. The summed E-state index contributed by atoms with van der Waals surface area (Å²) in [6.07, 6.45) is 1.55. The zero-order valence-electron chi connectivity index (χ0n) is 11.0. The van der Waals surface area contributed by atoms with Crippen LogP contribution in [-0.4, -0.2) is 24.2 Å². The maximum atomic E-state index is 11.8. The fraction of sp³-hybridized carbons (Fsp3) is 0.333. The highest BCUT2D eigenvalue weighted by Crippen LogP contribution is 2.33. The number of rotatable bonds is 1. The van der Waals surface area contributed by atoms with E-state index >= 15 is 0 Å². The van der Waals surface area contributed by atoms with Gasteiger partial charge < -0.3 is 9.47 Å². The van der Waals surface area contributed by atoms with E-state index in [9.17, 15) is 4.79 Å². The van der Waals surface area contributed by atoms with Crippen molar-refractivity contribution in [2.75, 3.05) is 13.2 Å². The lowest BCUT2D eigenvalue weighted by atomic mass is 9.98. The van der Waals surface area contributed by atoms with Crippen molar-refractivity contribution in [2.45, 2.75) is 19.8 Å². The van der Waals surface area contributed by atoms with Crippen LogP contribution >= 0.6 is 0 Å². The van der Waals surface area contributed by atoms with Crippen LogP contribution in [0.15, 0.2) is 24.4 Å². The average molecular weight is 257 g/mol. The molecule has 0 radical (unpaired) electrons. The predicted molar refractivity (Wildman–Crippen MR) is 71.6 cm³/mol. The van der Waals surface area contributed by atoms with E-state index in [4.69, 9.17) is 9.47 Å². The number of carbonyl (C=O) groups excluding carboxylic acids is 1. The first-order valence-electron chi connectivity index (χ1n) is 6.40. The van der Waals surface area contributed by atoms with Crippen molar-refractivity contribution in [1.29, 1.82) is 0 Å². The number of nitrogens with zero attached hydrogens (tertiary/aromatic N) is 1. The Morgan fingerprint density at radius 2 is 2.00 bits per heavy atom. The van der Waals surface area contributed by atoms with Gasteiger partial charge >= 0.3 is 5.97 Å². The topological polar surface area (TPSA) is 48.4 Å². The standard InChI is InChI=1S/C15H15NO3/c1-9(2)10-4-3-5-11-13(10)16-8-12-14(11)18-6-7-19-15(12)17/h3-5,8-9H,6-7H2,1-2H3. The van der Waals surface area contributed by atoms with Gasteiger partial charge in [-0.3, -0.25) is 4.98 Å². The van der Waals surface area contributed by atoms with Crippen molar-refractivity contribution in [3.05, 3.63) is 35.5 Å². The van der Waals surface area contributed by atoms with Gasteiger partial charge in [-0.15, -0.1) is 0 Å². The van der Waals surface area contributed by atoms with Crippen LogP contribution < -0.4 is 4.74 Å². The van der Waals surface area contributed by atoms with Gasteiger partial charge in [0.15, 0.2) is 0 Å². The number of aromatic nitrogens is 1. The van der Waals surface area contributed by atoms with Crippen LogP contribution in [0.1, 0.15) is 35.7 Å². The number of para-hydroxylation sites is 1. The molecule has 1 aromatic carbocycles. The fourth-order valence-corrected chi connectivity index (χ4v) is 2.34. The van der Waals surface area contributed by atoms with Gasteiger partial charge in [0.2, 0.25) is 0 Å². The number of cyclic esters (lactones) is 1. The number of pyridine rings is 1. The summed E-state index contributed by atoms with van der Waals surface area (Å²) < 4.78 is 10.7. The van der Waals surface area contributed by atoms with Gasteiger partial charge in [-0.1, -0.05) is 26.0 Å². The Morgan fingerprint density at radius 1 is 1.21 bits per heavy atom. The molecule has 0 bridgehead atoms. The van der Waals surface area contributed by atoms with E-state index in [1.165, 1.54) is 0 Å². The molecule has 1 aliphatic heterocycles. The second-order valence-electron chi connectivity index (χ2n) is 4.88. The molecular formula is C15H15NO3. The lowest BCUT2D eigenvalue weighted by molar-refractivity contribution is 0.0492. The third-order valence-electron chi connectivity index (χ3n) is 3.28. The van der Waals surface area contributed by atoms with Crippen molar-refractivity contribution in [3.63, 3.8) is 0 Å². The molecule has 0 unspecified atom stereocenters. The zero-order valence-corrected chi connectivity index (χ0v) is 11.0. The molecule has 2 heterocycles. The first-order valence-corrected chi connectivity index (χ1v) is 6.40. The van der Waals surface area contributed by atoms with E-state index < -0.39 is 0 Å². The van der Waals surface area contributed by atoms with Crippen molar-refractivity contribution in [3.8, 4) is 5.75 Å². The van der Waals surface area contributed by atoms with Crippen LogP contribution in [0.2, 0.25) is 0 Å². The molecule has 3 rings (SSSR count). The van der Waals surface area contributed by atoms with Crippen LogP contribution in [0.3, 0.4) is 0 Å². The quantitative estimate of drug-likeness (QED) is 0.737. The summed E-state index contributed by atoms with van der Waals surface area (Å²) in [5, 5.41) is 0.877. The van der Waals surface area contributed by atoms with Gasteiger partial charge in [0.05, 0.1) is 5.52 Å². The molecule has 0 saturated heterocycles. The van der Waals surface area contributed by atoms with E-state index in [1.807, 2.05) is 12.1 Å². The summed E-state index contributed by atoms with van der Waals surface area (Å²) in [5.41, 5.74) is 2.46. The smallest absolute Gasteiger partial charge is 0.343 e. The average Bonchev–Trinajstić information content (AvgIpc) is 2.60. The molecule has 0 fully saturated rings. The Labute approximate surface area is 111 Å². The maximum Gasteiger partial charge on any atom is 0.343 e. The third-order valence-corrected chi connectivity index (χ3v) is 3.28. The van der Waals surface area contributed by atoms with Crippen molar-refractivity contribution in [1.82, 2.24) is 4.98 Å². The molecule has 4 nitrogen and oxygen atoms in total. The van der Waals surface area contributed by atoms with Crippen molar-refractivity contribution in [2.24, 2.45) is 0 Å². The van der Waals surface area contributed by atoms with E-state index in [2.05, 4.69) is 24.9 Å². The largest absolute Gasteiger partial charge is 0.488 e. The highest BCUT2D eigenvalue weighted by molar-refractivity contribution is 6.00. The van der Waals surface area contributed by atoms with Gasteiger partial charge in [-0.05, 0) is 17.5 Å². The van der Waals surface area contributed by atoms with Gasteiger partial charge in [0, 0.05) is 11.6 Å². The van der Waals surface area contributed by atoms with Crippen LogP contribution in [0.25, 0.3) is 10.9 Å². The first-order chi connectivity index (χ1) is 9.18. The van der Waals surface area contributed by atoms with E-state index in [0.29, 0.717) is 23.8 Å². The Morgan fingerprint density at radius 3 is 2.79 bits per heavy atom. The molecule has 1 aliphatic rings. The lowest BCUT2D eigenvalue weighted by Crippen LogP contribution is -2.05. The molecule has 2 aromatic rings. The Hall–Kier alpha value is -2.10. The summed E-state index contributed by atoms with van der Waals surface area (Å²) >= 11 is 0. The van der Waals surface area contributed by atoms with Crippen molar-refractivity contribution >= 4 is 16.9 Å². The van der Waals surface area contributed by atoms with Crippen LogP contribution in [-0.2, 0) is 4.74 Å². The van der Waals surface area contributed by atoms with Gasteiger partial charge in [-0.25, -0.2) is 4.79 Å². The molecule has 0 atom stereocenters. The molecule has 0 amide bonds. The molecule has 19 heavy (non-hydrogen) atoms. The first kappa shape index (κ1) is 12.0. The van der Waals surface area contributed by atoms with Gasteiger partial charge in [0.25, 0.3) is 0 Å². The van der Waals surface area contributed by atoms with E-state index in [1.54, 1.807) is 6.20 Å². The molecule has 0 aliphatic carbocycles. The number of ether oxygens (including phenoxy) is 2. The summed E-state index contributed by atoms with van der Waals surface area (Å²) in [6, 6.07) is 5.96. The maximum absolute atomic E-state index is 11.8. The number of esters is 1. The molecular weight excluding hydrogens is 242 g/mol. The Kier molecular flexibility index (Phi) is 2.85. The van der Waals surface area contributed by atoms with Crippen LogP contribution in [0.4, 0.5) is 0 Å². The lowest BCUT2D eigenvalue weighted by Gasteiger charge is -2.12. The zero-order chi connectivity index (χ0) is 13.4.